The van der Waals surface area contributed by atoms with Gasteiger partial charge in [0.2, 0.25) is 0 Å². The number of benzene rings is 1. The molecule has 4 heteroatoms. The van der Waals surface area contributed by atoms with Crippen LogP contribution < -0.4 is 4.74 Å². The zero-order valence-electron chi connectivity index (χ0n) is 10.9. The molecule has 0 N–H and O–H groups in total. The number of rotatable bonds is 4. The minimum Gasteiger partial charge on any atom is -0.492 e. The summed E-state index contributed by atoms with van der Waals surface area (Å²) < 4.78 is 19.7. The fraction of sp³-hybridized carbons (Fsp3) is 0.600. The third-order valence-corrected chi connectivity index (χ3v) is 5.68. The fourth-order valence-electron chi connectivity index (χ4n) is 2.62. The van der Waals surface area contributed by atoms with Crippen LogP contribution in [0.3, 0.4) is 0 Å². The lowest BCUT2D eigenvalue weighted by molar-refractivity contribution is 0.148. The Hall–Kier alpha value is -0.0900. The van der Waals surface area contributed by atoms with Crippen molar-refractivity contribution in [1.29, 1.82) is 0 Å². The topological polar surface area (TPSA) is 9.23 Å². The van der Waals surface area contributed by atoms with Gasteiger partial charge in [-0.25, -0.2) is 4.39 Å². The van der Waals surface area contributed by atoms with Crippen LogP contribution in [0.15, 0.2) is 22.7 Å². The van der Waals surface area contributed by atoms with Gasteiger partial charge in [-0.2, -0.15) is 0 Å². The second-order valence-corrected chi connectivity index (χ2v) is 6.83. The third-order valence-electron chi connectivity index (χ3n) is 3.88. The van der Waals surface area contributed by atoms with E-state index >= 15 is 0 Å². The summed E-state index contributed by atoms with van der Waals surface area (Å²) in [5.74, 6) is 0.481. The number of hydrogen-bond donors (Lipinski definition) is 0. The molecule has 1 aromatic carbocycles. The van der Waals surface area contributed by atoms with Crippen molar-refractivity contribution < 1.29 is 9.13 Å². The Morgan fingerprint density at radius 3 is 2.42 bits per heavy atom. The van der Waals surface area contributed by atoms with Gasteiger partial charge in [0.1, 0.15) is 11.6 Å². The van der Waals surface area contributed by atoms with Crippen LogP contribution in [0.25, 0.3) is 0 Å². The van der Waals surface area contributed by atoms with Gasteiger partial charge in [0.25, 0.3) is 0 Å². The first-order valence-electron chi connectivity index (χ1n) is 6.79. The molecule has 0 atom stereocenters. The average Bonchev–Trinajstić information content (AvgIpc) is 2.64. The molecular weight excluding hydrogens is 375 g/mol. The first kappa shape index (κ1) is 15.3. The van der Waals surface area contributed by atoms with E-state index in [1.165, 1.54) is 50.7 Å². The van der Waals surface area contributed by atoms with Crippen LogP contribution in [0, 0.1) is 11.2 Å². The predicted molar refractivity (Wildman–Crippen MR) is 83.5 cm³/mol. The molecule has 0 radical (unpaired) electrons. The Morgan fingerprint density at radius 2 is 1.84 bits per heavy atom. The molecule has 0 aliphatic heterocycles. The van der Waals surface area contributed by atoms with Crippen molar-refractivity contribution in [3.63, 3.8) is 0 Å². The zero-order chi connectivity index (χ0) is 13.7. The summed E-state index contributed by atoms with van der Waals surface area (Å²) in [5.41, 5.74) is 0.227. The van der Waals surface area contributed by atoms with Crippen molar-refractivity contribution in [2.24, 2.45) is 5.41 Å². The van der Waals surface area contributed by atoms with Gasteiger partial charge in [-0.3, -0.25) is 0 Å². The third kappa shape index (κ3) is 4.19. The quantitative estimate of drug-likeness (QED) is 0.470. The van der Waals surface area contributed by atoms with E-state index in [-0.39, 0.29) is 11.2 Å². The van der Waals surface area contributed by atoms with E-state index in [0.717, 1.165) is 11.1 Å². The smallest absolute Gasteiger partial charge is 0.133 e. The minimum absolute atomic E-state index is 0.227. The summed E-state index contributed by atoms with van der Waals surface area (Å²) in [6, 6.07) is 4.58. The SMILES string of the molecule is Fc1ccc(OCC2(CBr)CCCCCC2)c(Br)c1. The molecule has 0 saturated heterocycles. The maximum atomic E-state index is 13.0. The molecule has 0 unspecified atom stereocenters. The lowest BCUT2D eigenvalue weighted by atomic mass is 9.83. The number of ether oxygens (including phenoxy) is 1. The first-order chi connectivity index (χ1) is 9.15. The Bertz CT molecular complexity index is 415. The molecule has 1 aliphatic rings. The number of halogens is 3. The highest BCUT2D eigenvalue weighted by molar-refractivity contribution is 9.10. The van der Waals surface area contributed by atoms with Crippen LogP contribution in [0.2, 0.25) is 0 Å². The van der Waals surface area contributed by atoms with Crippen LogP contribution >= 0.6 is 31.9 Å². The molecule has 0 aromatic heterocycles. The van der Waals surface area contributed by atoms with E-state index in [4.69, 9.17) is 4.74 Å². The Kier molecular flexibility index (Phi) is 5.70. The van der Waals surface area contributed by atoms with Crippen molar-refractivity contribution in [3.05, 3.63) is 28.5 Å². The van der Waals surface area contributed by atoms with Gasteiger partial charge >= 0.3 is 0 Å². The number of alkyl halides is 1. The molecule has 0 amide bonds. The van der Waals surface area contributed by atoms with Crippen LogP contribution in [-0.4, -0.2) is 11.9 Å². The van der Waals surface area contributed by atoms with Crippen LogP contribution in [0.4, 0.5) is 4.39 Å². The predicted octanol–water partition coefficient (Wildman–Crippen LogP) is 5.70. The van der Waals surface area contributed by atoms with E-state index in [0.29, 0.717) is 11.1 Å². The standard InChI is InChI=1S/C15H19Br2FO/c16-10-15(7-3-1-2-4-8-15)11-19-14-6-5-12(18)9-13(14)17/h5-6,9H,1-4,7-8,10-11H2. The van der Waals surface area contributed by atoms with Crippen molar-refractivity contribution in [2.75, 3.05) is 11.9 Å². The molecule has 106 valence electrons. The van der Waals surface area contributed by atoms with Crippen molar-refractivity contribution >= 4 is 31.9 Å². The zero-order valence-corrected chi connectivity index (χ0v) is 14.1. The van der Waals surface area contributed by atoms with Gasteiger partial charge in [-0.1, -0.05) is 41.6 Å². The van der Waals surface area contributed by atoms with Gasteiger partial charge in [-0.15, -0.1) is 0 Å². The van der Waals surface area contributed by atoms with Gasteiger partial charge in [0, 0.05) is 10.7 Å². The Balaban J connectivity index is 2.02. The molecule has 1 saturated carbocycles. The van der Waals surface area contributed by atoms with Crippen LogP contribution in [0.1, 0.15) is 38.5 Å². The monoisotopic (exact) mass is 392 g/mol. The maximum Gasteiger partial charge on any atom is 0.133 e. The van der Waals surface area contributed by atoms with Gasteiger partial charge in [0.05, 0.1) is 11.1 Å². The minimum atomic E-state index is -0.246. The highest BCUT2D eigenvalue weighted by Crippen LogP contribution is 2.38. The van der Waals surface area contributed by atoms with Crippen molar-refractivity contribution in [3.8, 4) is 5.75 Å². The first-order valence-corrected chi connectivity index (χ1v) is 8.70. The normalized spacial score (nSPS) is 18.9. The Labute approximate surface area is 131 Å². The molecule has 0 bridgehead atoms. The maximum absolute atomic E-state index is 13.0. The molecule has 1 fully saturated rings. The molecule has 0 spiro atoms. The average molecular weight is 394 g/mol. The summed E-state index contributed by atoms with van der Waals surface area (Å²) in [6.07, 6.45) is 7.62. The summed E-state index contributed by atoms with van der Waals surface area (Å²) in [4.78, 5) is 0. The lowest BCUT2D eigenvalue weighted by Crippen LogP contribution is -2.30. The lowest BCUT2D eigenvalue weighted by Gasteiger charge is -2.30. The summed E-state index contributed by atoms with van der Waals surface area (Å²) >= 11 is 7.01. The van der Waals surface area contributed by atoms with E-state index in [1.807, 2.05) is 0 Å². The molecule has 1 aromatic rings. The van der Waals surface area contributed by atoms with E-state index in [1.54, 1.807) is 6.07 Å². The van der Waals surface area contributed by atoms with Crippen LogP contribution in [0.5, 0.6) is 5.75 Å². The fourth-order valence-corrected chi connectivity index (χ4v) is 3.81. The summed E-state index contributed by atoms with van der Waals surface area (Å²) in [7, 11) is 0. The Morgan fingerprint density at radius 1 is 1.16 bits per heavy atom. The second kappa shape index (κ2) is 7.07. The molecular formula is C15H19Br2FO. The van der Waals surface area contributed by atoms with E-state index < -0.39 is 0 Å². The molecule has 2 rings (SSSR count). The van der Waals surface area contributed by atoms with E-state index in [2.05, 4.69) is 31.9 Å². The highest BCUT2D eigenvalue weighted by Gasteiger charge is 2.31. The van der Waals surface area contributed by atoms with Crippen molar-refractivity contribution in [1.82, 2.24) is 0 Å². The molecule has 1 nitrogen and oxygen atoms in total. The van der Waals surface area contributed by atoms with E-state index in [9.17, 15) is 4.39 Å². The molecule has 19 heavy (non-hydrogen) atoms. The van der Waals surface area contributed by atoms with Gasteiger partial charge in [-0.05, 0) is 47.0 Å². The largest absolute Gasteiger partial charge is 0.492 e. The van der Waals surface area contributed by atoms with Gasteiger partial charge < -0.3 is 4.74 Å². The molecule has 1 aliphatic carbocycles. The summed E-state index contributed by atoms with van der Waals surface area (Å²) in [6.45, 7) is 0.697. The summed E-state index contributed by atoms with van der Waals surface area (Å²) in [5, 5.41) is 0.971. The molecule has 0 heterocycles. The van der Waals surface area contributed by atoms with Gasteiger partial charge in [0.15, 0.2) is 0 Å². The van der Waals surface area contributed by atoms with Crippen molar-refractivity contribution in [2.45, 2.75) is 38.5 Å². The van der Waals surface area contributed by atoms with Crippen LogP contribution in [-0.2, 0) is 0 Å². The number of hydrogen-bond acceptors (Lipinski definition) is 1. The second-order valence-electron chi connectivity index (χ2n) is 5.41. The highest BCUT2D eigenvalue weighted by atomic mass is 79.9.